The van der Waals surface area contributed by atoms with Crippen LogP contribution in [0.5, 0.6) is 0 Å². The van der Waals surface area contributed by atoms with Crippen LogP contribution in [-0.2, 0) is 52.6 Å². The van der Waals surface area contributed by atoms with Crippen molar-refractivity contribution in [1.29, 1.82) is 0 Å². The molecule has 1 aliphatic carbocycles. The zero-order valence-corrected chi connectivity index (χ0v) is 34.0. The van der Waals surface area contributed by atoms with Gasteiger partial charge in [0.2, 0.25) is 11.8 Å². The minimum atomic E-state index is -1.09. The molecule has 0 aromatic rings. The van der Waals surface area contributed by atoms with E-state index in [1.807, 2.05) is 6.92 Å². The minimum Gasteiger partial charge on any atom is -0.466 e. The Hall–Kier alpha value is -1.96. The van der Waals surface area contributed by atoms with Gasteiger partial charge in [-0.25, -0.2) is 0 Å². The molecule has 1 rings (SSSR count). The predicted octanol–water partition coefficient (Wildman–Crippen LogP) is 2.21. The van der Waals surface area contributed by atoms with Gasteiger partial charge in [-0.3, -0.25) is 38.4 Å². The molecular formula is C34H57N3O11P2S2. The van der Waals surface area contributed by atoms with Gasteiger partial charge >= 0.3 is 11.9 Å². The van der Waals surface area contributed by atoms with Crippen molar-refractivity contribution in [3.05, 3.63) is 0 Å². The molecule has 0 bridgehead atoms. The first kappa shape index (κ1) is 44.4. The molecule has 1 aliphatic rings. The summed E-state index contributed by atoms with van der Waals surface area (Å²) >= 11 is 3.21. The van der Waals surface area contributed by atoms with Crippen LogP contribution in [0, 0.1) is 5.92 Å². The zero-order chi connectivity index (χ0) is 40.3. The Kier molecular flexibility index (Phi) is 25.1. The van der Waals surface area contributed by atoms with Crippen LogP contribution in [-0.4, -0.2) is 126 Å². The van der Waals surface area contributed by atoms with Crippen LogP contribution in [0.1, 0.15) is 79.4 Å². The monoisotopic (exact) mass is 813 g/mol. The molecule has 0 aromatic carbocycles. The molecule has 1 saturated carbocycles. The lowest BCUT2D eigenvalue weighted by molar-refractivity contribution is -0.145. The van der Waals surface area contributed by atoms with Gasteiger partial charge in [0.25, 0.3) is 0 Å². The number of ether oxygens (including phenoxy) is 3. The van der Waals surface area contributed by atoms with Gasteiger partial charge in [0.05, 0.1) is 39.1 Å². The molecule has 0 spiro atoms. The smallest absolute Gasteiger partial charge is 0.306 e. The van der Waals surface area contributed by atoms with Crippen molar-refractivity contribution >= 4 is 88.0 Å². The first-order valence-corrected chi connectivity index (χ1v) is 21.6. The molecule has 1 fully saturated rings. The number of hydrogen-bond acceptors (Lipinski definition) is 14. The third-order valence-electron chi connectivity index (χ3n) is 7.93. The van der Waals surface area contributed by atoms with Gasteiger partial charge in [-0.15, -0.1) is 9.24 Å². The Morgan fingerprint density at radius 3 is 2.06 bits per heavy atom. The molecule has 0 radical (unpaired) electrons. The van der Waals surface area contributed by atoms with E-state index in [2.05, 4.69) is 25.6 Å². The second-order valence-corrected chi connectivity index (χ2v) is 16.1. The molecule has 2 amide bonds. The molecular weight excluding hydrogens is 752 g/mol. The van der Waals surface area contributed by atoms with Crippen LogP contribution in [0.3, 0.4) is 0 Å². The molecule has 0 heterocycles. The maximum absolute atomic E-state index is 13.0. The van der Waals surface area contributed by atoms with Crippen molar-refractivity contribution in [2.24, 2.45) is 11.6 Å². The fourth-order valence-corrected chi connectivity index (χ4v) is 8.75. The molecule has 0 aliphatic heterocycles. The van der Waals surface area contributed by atoms with Crippen molar-refractivity contribution in [3.8, 4) is 0 Å². The summed E-state index contributed by atoms with van der Waals surface area (Å²) in [6.45, 7) is 4.17. The zero-order valence-electron chi connectivity index (χ0n) is 32.2. The average molecular weight is 814 g/mol. The van der Waals surface area contributed by atoms with Crippen LogP contribution < -0.4 is 16.4 Å². The van der Waals surface area contributed by atoms with E-state index in [0.29, 0.717) is 44.6 Å². The Balaban J connectivity index is 2.46. The molecule has 4 N–H and O–H groups in total. The van der Waals surface area contributed by atoms with E-state index in [1.54, 1.807) is 18.7 Å². The summed E-state index contributed by atoms with van der Waals surface area (Å²) < 4.78 is 30.1. The number of ketones is 3. The predicted molar refractivity (Wildman–Crippen MR) is 208 cm³/mol. The van der Waals surface area contributed by atoms with E-state index < -0.39 is 41.7 Å². The summed E-state index contributed by atoms with van der Waals surface area (Å²) in [7, 11) is 1.90. The lowest BCUT2D eigenvalue weighted by Crippen LogP contribution is -2.50. The third kappa shape index (κ3) is 22.3. The number of carbonyl (C=O) groups excluding carboxylic acids is 8. The number of nitrogens with one attached hydrogen (secondary N) is 2. The summed E-state index contributed by atoms with van der Waals surface area (Å²) in [6.07, 6.45) is 2.70. The van der Waals surface area contributed by atoms with E-state index in [1.165, 1.54) is 11.8 Å². The van der Waals surface area contributed by atoms with E-state index in [-0.39, 0.29) is 106 Å². The third-order valence-corrected chi connectivity index (χ3v) is 12.7. The molecule has 0 saturated heterocycles. The van der Waals surface area contributed by atoms with Crippen molar-refractivity contribution in [2.45, 2.75) is 94.6 Å². The summed E-state index contributed by atoms with van der Waals surface area (Å²) in [5.74, 6) is -1.92. The summed E-state index contributed by atoms with van der Waals surface area (Å²) in [5.41, 5.74) is 1.91. The number of amides is 2. The number of nitrogens with two attached hydrogens (primary N) is 1. The lowest BCUT2D eigenvalue weighted by Gasteiger charge is -2.37. The van der Waals surface area contributed by atoms with Gasteiger partial charge < -0.3 is 30.6 Å². The highest BCUT2D eigenvalue weighted by Gasteiger charge is 2.34. The molecule has 52 heavy (non-hydrogen) atoms. The Morgan fingerprint density at radius 2 is 1.50 bits per heavy atom. The van der Waals surface area contributed by atoms with Crippen LogP contribution in [0.25, 0.3) is 0 Å². The number of Topliss-reactive ketones (excluding diaryl/α,β-unsaturated/α-hetero) is 3. The fourth-order valence-electron chi connectivity index (χ4n) is 4.49. The molecule has 7 atom stereocenters. The summed E-state index contributed by atoms with van der Waals surface area (Å²) in [6, 6.07) is -0.987. The van der Waals surface area contributed by atoms with E-state index >= 15 is 0 Å². The minimum absolute atomic E-state index is 0.0104. The quantitative estimate of drug-likeness (QED) is 0.0493. The SMILES string of the molecule is [3H]NCC(=O)PCC(=O)C(CC)CSC1CCC1SCC(NC(=O)CCC(=O)OCCCOCCCOC(=O)CCC(=O)CC)C(=O)NCC(=O)C([3H])P. The maximum Gasteiger partial charge on any atom is 0.306 e. The van der Waals surface area contributed by atoms with Crippen LogP contribution in [0.2, 0.25) is 1.41 Å². The average Bonchev–Trinajstić information content (AvgIpc) is 3.14. The first-order valence-electron chi connectivity index (χ1n) is 18.7. The number of carbonyl (C=O) groups is 8. The largest absolute Gasteiger partial charge is 0.466 e. The Bertz CT molecular complexity index is 1240. The van der Waals surface area contributed by atoms with Gasteiger partial charge in [-0.2, -0.15) is 23.5 Å². The lowest BCUT2D eigenvalue weighted by atomic mass is 9.99. The Labute approximate surface area is 322 Å². The van der Waals surface area contributed by atoms with Crippen LogP contribution in [0.15, 0.2) is 0 Å². The molecule has 296 valence electrons. The van der Waals surface area contributed by atoms with Crippen LogP contribution >= 0.6 is 41.3 Å². The fraction of sp³-hybridized carbons (Fsp3) is 0.765. The number of hydrogen-bond donors (Lipinski definition) is 3. The van der Waals surface area contributed by atoms with Crippen molar-refractivity contribution in [2.75, 3.05) is 63.3 Å². The van der Waals surface area contributed by atoms with E-state index in [0.717, 1.165) is 12.8 Å². The number of esters is 2. The van der Waals surface area contributed by atoms with Crippen LogP contribution in [0.4, 0.5) is 0 Å². The highest BCUT2D eigenvalue weighted by atomic mass is 32.2. The van der Waals surface area contributed by atoms with Crippen molar-refractivity contribution in [3.63, 3.8) is 0 Å². The van der Waals surface area contributed by atoms with Gasteiger partial charge in [0, 0.05) is 86.9 Å². The number of rotatable bonds is 33. The first-order chi connectivity index (χ1) is 25.8. The van der Waals surface area contributed by atoms with Gasteiger partial charge in [0.1, 0.15) is 19.0 Å². The second-order valence-electron chi connectivity index (χ2n) is 12.0. The molecule has 14 nitrogen and oxygen atoms in total. The van der Waals surface area contributed by atoms with Crippen molar-refractivity contribution < 1.29 is 55.3 Å². The van der Waals surface area contributed by atoms with Crippen molar-refractivity contribution in [1.82, 2.24) is 10.6 Å². The topological polar surface area (TPSA) is 214 Å². The van der Waals surface area contributed by atoms with E-state index in [4.69, 9.17) is 17.0 Å². The van der Waals surface area contributed by atoms with E-state index in [9.17, 15) is 38.4 Å². The summed E-state index contributed by atoms with van der Waals surface area (Å²) in [4.78, 5) is 97.2. The molecule has 7 unspecified atom stereocenters. The van der Waals surface area contributed by atoms with Gasteiger partial charge in [0.15, 0.2) is 11.3 Å². The second kappa shape index (κ2) is 29.4. The standard InChI is InChI=1S/C34H57N3O11P2S2/c1-3-23(27(40)20-50-33(44)17-35)21-51-28-8-9-29(28)52-22-26(34(45)36-18-25(39)19-49)37-30(41)10-12-32(43)48-16-6-14-46-13-5-15-47-31(42)11-7-24(38)4-2/h23,26,28-29,50H,3-22,35,49H2,1-2H3,(H,36,45)(H,37,41)/i19T/hT. The number of thioether (sulfide) groups is 2. The normalized spacial score (nSPS) is 17.5. The van der Waals surface area contributed by atoms with Gasteiger partial charge in [-0.05, 0) is 27.8 Å². The molecule has 18 heteroatoms. The highest BCUT2D eigenvalue weighted by molar-refractivity contribution is 8.04. The maximum atomic E-state index is 13.0. The highest BCUT2D eigenvalue weighted by Crippen LogP contribution is 2.41. The van der Waals surface area contributed by atoms with Gasteiger partial charge in [-0.1, -0.05) is 13.8 Å². The summed E-state index contributed by atoms with van der Waals surface area (Å²) in [5, 5.41) is 5.59. The molecule has 0 aromatic heterocycles. The Morgan fingerprint density at radius 1 is 0.885 bits per heavy atom.